The molecule has 0 radical (unpaired) electrons. The fourth-order valence-electron chi connectivity index (χ4n) is 2.28. The van der Waals surface area contributed by atoms with Gasteiger partial charge in [0, 0.05) is 6.92 Å². The molecule has 168 valence electrons. The van der Waals surface area contributed by atoms with Crippen molar-refractivity contribution in [3.8, 4) is 0 Å². The second kappa shape index (κ2) is 8.44. The average molecular weight is 483 g/mol. The zero-order valence-corrected chi connectivity index (χ0v) is 17.4. The van der Waals surface area contributed by atoms with E-state index in [9.17, 15) is 40.7 Å². The van der Waals surface area contributed by atoms with Crippen molar-refractivity contribution in [1.29, 1.82) is 0 Å². The number of sulfone groups is 1. The van der Waals surface area contributed by atoms with Gasteiger partial charge in [0.25, 0.3) is 5.91 Å². The monoisotopic (exact) mass is 482 g/mol. The number of alkyl halides is 3. The molecule has 0 bridgehead atoms. The van der Waals surface area contributed by atoms with Gasteiger partial charge in [-0.25, -0.2) is 12.8 Å². The van der Waals surface area contributed by atoms with Crippen molar-refractivity contribution in [3.63, 3.8) is 0 Å². The van der Waals surface area contributed by atoms with Crippen molar-refractivity contribution >= 4 is 44.6 Å². The highest BCUT2D eigenvalue weighted by Gasteiger charge is 2.55. The Labute approximate surface area is 178 Å². The van der Waals surface area contributed by atoms with Crippen LogP contribution in [0.1, 0.15) is 13.8 Å². The number of amides is 2. The maximum absolute atomic E-state index is 13.1. The van der Waals surface area contributed by atoms with E-state index in [0.717, 1.165) is 43.3 Å². The van der Waals surface area contributed by atoms with Gasteiger partial charge in [-0.1, -0.05) is 11.6 Å². The number of halogens is 5. The number of hydrogen-bond donors (Lipinski definition) is 3. The van der Waals surface area contributed by atoms with E-state index in [2.05, 4.69) is 5.32 Å². The summed E-state index contributed by atoms with van der Waals surface area (Å²) in [4.78, 5) is 22.6. The lowest BCUT2D eigenvalue weighted by Gasteiger charge is -2.25. The van der Waals surface area contributed by atoms with Crippen LogP contribution in [0.3, 0.4) is 0 Å². The number of nitrogens with one attached hydrogen (secondary N) is 2. The lowest BCUT2D eigenvalue weighted by molar-refractivity contribution is -0.242. The summed E-state index contributed by atoms with van der Waals surface area (Å²) >= 11 is 6.07. The molecule has 2 aromatic carbocycles. The number of carbonyl (C=O) groups is 2. The van der Waals surface area contributed by atoms with Crippen molar-refractivity contribution in [3.05, 3.63) is 47.2 Å². The van der Waals surface area contributed by atoms with Gasteiger partial charge in [-0.05, 0) is 43.3 Å². The van der Waals surface area contributed by atoms with Gasteiger partial charge in [-0.2, -0.15) is 13.2 Å². The molecule has 0 aliphatic carbocycles. The van der Waals surface area contributed by atoms with E-state index in [1.807, 2.05) is 0 Å². The van der Waals surface area contributed by atoms with Crippen LogP contribution in [0.5, 0.6) is 0 Å². The lowest BCUT2D eigenvalue weighted by atomic mass is 10.1. The average Bonchev–Trinajstić information content (AvgIpc) is 2.63. The van der Waals surface area contributed by atoms with Crippen LogP contribution < -0.4 is 10.6 Å². The van der Waals surface area contributed by atoms with E-state index in [1.54, 1.807) is 5.32 Å². The highest BCUT2D eigenvalue weighted by Crippen LogP contribution is 2.39. The van der Waals surface area contributed by atoms with Gasteiger partial charge in [0.1, 0.15) is 5.82 Å². The summed E-state index contributed by atoms with van der Waals surface area (Å²) in [6, 6.07) is 5.47. The summed E-state index contributed by atoms with van der Waals surface area (Å²) in [6.45, 7) is 1.24. The van der Waals surface area contributed by atoms with Crippen molar-refractivity contribution in [2.45, 2.75) is 35.4 Å². The summed E-state index contributed by atoms with van der Waals surface area (Å²) in [5.41, 5.74) is -4.80. The zero-order chi connectivity index (χ0) is 23.8. The van der Waals surface area contributed by atoms with E-state index in [4.69, 9.17) is 11.6 Å². The molecule has 2 amide bonds. The highest BCUT2D eigenvalue weighted by molar-refractivity contribution is 7.91. The molecule has 2 aromatic rings. The number of benzene rings is 2. The summed E-state index contributed by atoms with van der Waals surface area (Å²) < 4.78 is 77.6. The van der Waals surface area contributed by atoms with Gasteiger partial charge in [-0.3, -0.25) is 9.59 Å². The minimum Gasteiger partial charge on any atom is -0.373 e. The molecule has 3 N–H and O–H groups in total. The molecule has 31 heavy (non-hydrogen) atoms. The SMILES string of the molecule is CC(=O)Nc1c(S(=O)(=O)c2ccc(F)cc2)ccc(NC(=O)[C@@](C)(O)C(F)(F)F)c1Cl. The number of rotatable bonds is 5. The fourth-order valence-corrected chi connectivity index (χ4v) is 4.02. The Morgan fingerprint density at radius 2 is 1.58 bits per heavy atom. The number of anilines is 2. The van der Waals surface area contributed by atoms with E-state index >= 15 is 0 Å². The standard InChI is InChI=1S/C18H15ClF4N2O5S/c1-9(26)24-15-13(31(29,30)11-5-3-10(20)4-6-11)8-7-12(14(15)19)25-16(27)17(2,28)18(21,22)23/h3-8,28H,1-2H3,(H,24,26)(H,25,27)/t17-/m1/s1. The van der Waals surface area contributed by atoms with Gasteiger partial charge in [0.05, 0.1) is 26.2 Å². The molecule has 0 unspecified atom stereocenters. The Bertz CT molecular complexity index is 1130. The normalized spacial score (nSPS) is 13.9. The molecule has 13 heteroatoms. The molecule has 0 heterocycles. The van der Waals surface area contributed by atoms with Crippen LogP contribution >= 0.6 is 11.6 Å². The van der Waals surface area contributed by atoms with Crippen LogP contribution in [0.15, 0.2) is 46.2 Å². The summed E-state index contributed by atoms with van der Waals surface area (Å²) in [7, 11) is -4.36. The van der Waals surface area contributed by atoms with Crippen LogP contribution in [-0.4, -0.2) is 37.1 Å². The number of aliphatic hydroxyl groups is 1. The first kappa shape index (κ1) is 24.6. The Morgan fingerprint density at radius 3 is 2.06 bits per heavy atom. The van der Waals surface area contributed by atoms with Gasteiger partial charge < -0.3 is 15.7 Å². The van der Waals surface area contributed by atoms with Gasteiger partial charge in [-0.15, -0.1) is 0 Å². The van der Waals surface area contributed by atoms with E-state index in [-0.39, 0.29) is 11.8 Å². The van der Waals surface area contributed by atoms with Crippen molar-refractivity contribution in [1.82, 2.24) is 0 Å². The molecule has 0 aliphatic heterocycles. The van der Waals surface area contributed by atoms with E-state index in [0.29, 0.717) is 0 Å². The molecular formula is C18H15ClF4N2O5S. The maximum Gasteiger partial charge on any atom is 0.426 e. The molecule has 0 saturated heterocycles. The van der Waals surface area contributed by atoms with Crippen LogP contribution in [0.25, 0.3) is 0 Å². The van der Waals surface area contributed by atoms with Crippen LogP contribution in [0.2, 0.25) is 5.02 Å². The summed E-state index contributed by atoms with van der Waals surface area (Å²) in [6.07, 6.45) is -5.31. The first-order valence-corrected chi connectivity index (χ1v) is 10.2. The minimum absolute atomic E-state index is 0.221. The third-order valence-corrected chi connectivity index (χ3v) is 6.27. The van der Waals surface area contributed by atoms with E-state index in [1.165, 1.54) is 0 Å². The van der Waals surface area contributed by atoms with Crippen molar-refractivity contribution in [2.75, 3.05) is 10.6 Å². The second-order valence-corrected chi connectivity index (χ2v) is 8.76. The maximum atomic E-state index is 13.1. The Balaban J connectivity index is 2.59. The quantitative estimate of drug-likeness (QED) is 0.446. The second-order valence-electron chi connectivity index (χ2n) is 6.46. The highest BCUT2D eigenvalue weighted by atomic mass is 35.5. The number of hydrogen-bond acceptors (Lipinski definition) is 5. The van der Waals surface area contributed by atoms with Gasteiger partial charge in [0.15, 0.2) is 0 Å². The number of carbonyl (C=O) groups excluding carboxylic acids is 2. The minimum atomic E-state index is -5.31. The molecule has 1 atom stereocenters. The van der Waals surface area contributed by atoms with Crippen molar-refractivity contribution in [2.24, 2.45) is 0 Å². The van der Waals surface area contributed by atoms with E-state index < -0.39 is 60.5 Å². The van der Waals surface area contributed by atoms with Crippen LogP contribution in [-0.2, 0) is 19.4 Å². The van der Waals surface area contributed by atoms with Gasteiger partial charge in [0.2, 0.25) is 21.3 Å². The predicted octanol–water partition coefficient (Wildman–Crippen LogP) is 3.52. The zero-order valence-electron chi connectivity index (χ0n) is 15.8. The Morgan fingerprint density at radius 1 is 1.03 bits per heavy atom. The molecule has 2 rings (SSSR count). The summed E-state index contributed by atoms with van der Waals surface area (Å²) in [5.74, 6) is -3.36. The smallest absolute Gasteiger partial charge is 0.373 e. The molecule has 7 nitrogen and oxygen atoms in total. The largest absolute Gasteiger partial charge is 0.426 e. The van der Waals surface area contributed by atoms with Crippen LogP contribution in [0.4, 0.5) is 28.9 Å². The third-order valence-electron chi connectivity index (χ3n) is 4.06. The third kappa shape index (κ3) is 4.97. The molecule has 0 fully saturated rings. The molecule has 0 aliphatic rings. The van der Waals surface area contributed by atoms with Gasteiger partial charge >= 0.3 is 6.18 Å². The predicted molar refractivity (Wildman–Crippen MR) is 103 cm³/mol. The molecular weight excluding hydrogens is 468 g/mol. The lowest BCUT2D eigenvalue weighted by Crippen LogP contribution is -2.52. The Hall–Kier alpha value is -2.70. The topological polar surface area (TPSA) is 113 Å². The molecule has 0 aromatic heterocycles. The fraction of sp³-hybridized carbons (Fsp3) is 0.222. The summed E-state index contributed by atoms with van der Waals surface area (Å²) in [5, 5.41) is 12.8. The van der Waals surface area contributed by atoms with Crippen LogP contribution in [0, 0.1) is 5.82 Å². The molecule has 0 spiro atoms. The Kier molecular flexibility index (Phi) is 6.69. The van der Waals surface area contributed by atoms with Crippen molar-refractivity contribution < 1.29 is 40.7 Å². The first-order valence-electron chi connectivity index (χ1n) is 8.30. The molecule has 0 saturated carbocycles. The first-order chi connectivity index (χ1) is 14.1.